The first kappa shape index (κ1) is 24.7. The molecule has 0 radical (unpaired) electrons. The first-order chi connectivity index (χ1) is 15.8. The van der Waals surface area contributed by atoms with Gasteiger partial charge in [-0.05, 0) is 49.7 Å². The van der Waals surface area contributed by atoms with Gasteiger partial charge in [-0.25, -0.2) is 0 Å². The van der Waals surface area contributed by atoms with Crippen molar-refractivity contribution in [3.8, 4) is 0 Å². The lowest BCUT2D eigenvalue weighted by atomic mass is 9.76. The van der Waals surface area contributed by atoms with Crippen LogP contribution in [-0.2, 0) is 13.2 Å². The number of hydrogen-bond acceptors (Lipinski definition) is 6. The zero-order chi connectivity index (χ0) is 24.9. The van der Waals surface area contributed by atoms with Gasteiger partial charge in [-0.15, -0.1) is 0 Å². The predicted octanol–water partition coefficient (Wildman–Crippen LogP) is 4.88. The molecule has 6 nitrogen and oxygen atoms in total. The maximum absolute atomic E-state index is 13.3. The van der Waals surface area contributed by atoms with Gasteiger partial charge in [-0.1, -0.05) is 11.8 Å². The molecule has 2 aromatic rings. The van der Waals surface area contributed by atoms with Crippen LogP contribution >= 0.6 is 11.8 Å². The number of nitrogen functional groups attached to an aromatic ring is 1. The third-order valence-corrected chi connectivity index (χ3v) is 7.91. The highest BCUT2D eigenvalue weighted by molar-refractivity contribution is 7.99. The second-order valence-electron chi connectivity index (χ2n) is 8.91. The van der Waals surface area contributed by atoms with E-state index in [1.807, 2.05) is 0 Å². The summed E-state index contributed by atoms with van der Waals surface area (Å²) in [6.07, 6.45) is -6.04. The van der Waals surface area contributed by atoms with Crippen molar-refractivity contribution in [3.63, 3.8) is 0 Å². The Labute approximate surface area is 195 Å². The molecule has 13 heteroatoms. The van der Waals surface area contributed by atoms with E-state index in [1.165, 1.54) is 23.7 Å². The highest BCUT2D eigenvalue weighted by atomic mass is 32.2. The fraction of sp³-hybridized carbons (Fsp3) is 0.571. The average Bonchev–Trinajstić information content (AvgIpc) is 3.18. The van der Waals surface area contributed by atoms with Gasteiger partial charge in [0.1, 0.15) is 10.7 Å². The van der Waals surface area contributed by atoms with Crippen molar-refractivity contribution in [3.05, 3.63) is 34.4 Å². The molecule has 0 aromatic carbocycles. The van der Waals surface area contributed by atoms with Crippen LogP contribution in [0.5, 0.6) is 0 Å². The minimum absolute atomic E-state index is 0.112. The van der Waals surface area contributed by atoms with Crippen LogP contribution in [0.15, 0.2) is 32.9 Å². The molecule has 2 N–H and O–H groups in total. The van der Waals surface area contributed by atoms with Crippen molar-refractivity contribution < 1.29 is 26.3 Å². The molecule has 2 aromatic heterocycles. The highest BCUT2D eigenvalue weighted by Crippen LogP contribution is 2.53. The van der Waals surface area contributed by atoms with E-state index in [-0.39, 0.29) is 39.8 Å². The number of rotatable bonds is 3. The second kappa shape index (κ2) is 8.65. The number of nitrogens with two attached hydrogens (primary N) is 1. The first-order valence-electron chi connectivity index (χ1n) is 10.7. The van der Waals surface area contributed by atoms with E-state index < -0.39 is 29.5 Å². The van der Waals surface area contributed by atoms with Crippen molar-refractivity contribution >= 4 is 23.5 Å². The molecule has 1 spiro atoms. The van der Waals surface area contributed by atoms with E-state index in [0.29, 0.717) is 44.1 Å². The van der Waals surface area contributed by atoms with E-state index in [1.54, 1.807) is 4.90 Å². The van der Waals surface area contributed by atoms with Gasteiger partial charge >= 0.3 is 12.4 Å². The number of piperidine rings is 1. The minimum Gasteiger partial charge on any atom is -0.382 e. The van der Waals surface area contributed by atoms with Gasteiger partial charge in [-0.2, -0.15) is 31.3 Å². The molecule has 4 rings (SSSR count). The molecular weight excluding hydrogens is 484 g/mol. The number of halogens is 6. The molecule has 1 saturated heterocycles. The Morgan fingerprint density at radius 1 is 1.15 bits per heavy atom. The molecule has 34 heavy (non-hydrogen) atoms. The van der Waals surface area contributed by atoms with Crippen LogP contribution in [0.2, 0.25) is 0 Å². The van der Waals surface area contributed by atoms with Crippen LogP contribution in [-0.4, -0.2) is 33.8 Å². The van der Waals surface area contributed by atoms with Gasteiger partial charge in [0.25, 0.3) is 5.56 Å². The minimum atomic E-state index is -4.70. The molecule has 186 valence electrons. The fourth-order valence-corrected chi connectivity index (χ4v) is 5.89. The number of pyridine rings is 1. The zero-order valence-corrected chi connectivity index (χ0v) is 19.0. The first-order valence-corrected chi connectivity index (χ1v) is 11.5. The normalized spacial score (nSPS) is 20.8. The van der Waals surface area contributed by atoms with Gasteiger partial charge in [0.05, 0.1) is 5.92 Å². The van der Waals surface area contributed by atoms with Gasteiger partial charge < -0.3 is 10.6 Å². The number of aromatic nitrogens is 3. The smallest absolute Gasteiger partial charge is 0.382 e. The lowest BCUT2D eigenvalue weighted by Crippen LogP contribution is -2.42. The van der Waals surface area contributed by atoms with Crippen LogP contribution in [0, 0.1) is 11.3 Å². The molecule has 1 aliphatic carbocycles. The Hall–Kier alpha value is -2.44. The Kier molecular flexibility index (Phi) is 6.28. The lowest BCUT2D eigenvalue weighted by Gasteiger charge is -2.40. The van der Waals surface area contributed by atoms with E-state index in [2.05, 4.69) is 9.97 Å². The lowest BCUT2D eigenvalue weighted by molar-refractivity contribution is -0.174. The van der Waals surface area contributed by atoms with Crippen LogP contribution in [0.3, 0.4) is 0 Å². The number of hydrogen-bond donors (Lipinski definition) is 1. The van der Waals surface area contributed by atoms with Crippen LogP contribution < -0.4 is 16.2 Å². The molecule has 2 aliphatic rings. The van der Waals surface area contributed by atoms with Crippen molar-refractivity contribution in [2.24, 2.45) is 18.4 Å². The van der Waals surface area contributed by atoms with Gasteiger partial charge in [0.15, 0.2) is 5.69 Å². The van der Waals surface area contributed by atoms with Crippen LogP contribution in [0.1, 0.15) is 37.8 Å². The molecule has 2 fully saturated rings. The largest absolute Gasteiger partial charge is 0.434 e. The Bertz CT molecular complexity index is 1120. The quantitative estimate of drug-likeness (QED) is 0.597. The predicted molar refractivity (Wildman–Crippen MR) is 115 cm³/mol. The van der Waals surface area contributed by atoms with Crippen molar-refractivity contribution in [1.82, 2.24) is 14.5 Å². The van der Waals surface area contributed by atoms with E-state index in [4.69, 9.17) is 5.73 Å². The molecule has 0 bridgehead atoms. The van der Waals surface area contributed by atoms with Crippen LogP contribution in [0.25, 0.3) is 0 Å². The summed E-state index contributed by atoms with van der Waals surface area (Å²) >= 11 is 0.553. The molecule has 0 amide bonds. The molecule has 3 heterocycles. The second-order valence-corrected chi connectivity index (χ2v) is 9.96. The number of alkyl halides is 6. The molecule has 1 saturated carbocycles. The summed E-state index contributed by atoms with van der Waals surface area (Å²) in [5, 5.41) is 0. The highest BCUT2D eigenvalue weighted by Gasteiger charge is 2.51. The van der Waals surface area contributed by atoms with E-state index in [9.17, 15) is 31.1 Å². The zero-order valence-electron chi connectivity index (χ0n) is 18.2. The third-order valence-electron chi connectivity index (χ3n) is 6.78. The molecule has 1 atom stereocenters. The molecule has 1 unspecified atom stereocenters. The monoisotopic (exact) mass is 507 g/mol. The SMILES string of the molecule is Cn1c(N2CCC3(CCC(C(F)(F)F)C3)CC2)nc(N)c(Sc2cccnc2C(F)(F)F)c1=O. The third kappa shape index (κ3) is 4.71. The molecule has 1 aliphatic heterocycles. The van der Waals surface area contributed by atoms with Gasteiger partial charge in [0.2, 0.25) is 5.95 Å². The van der Waals surface area contributed by atoms with Crippen molar-refractivity contribution in [2.45, 2.75) is 54.2 Å². The maximum Gasteiger partial charge on any atom is 0.434 e. The summed E-state index contributed by atoms with van der Waals surface area (Å²) in [5.41, 5.74) is 3.88. The van der Waals surface area contributed by atoms with Crippen molar-refractivity contribution in [1.29, 1.82) is 0 Å². The fourth-order valence-electron chi connectivity index (χ4n) is 4.88. The summed E-state index contributed by atoms with van der Waals surface area (Å²) in [6.45, 7) is 0.829. The molecular formula is C21H23F6N5OS. The van der Waals surface area contributed by atoms with E-state index >= 15 is 0 Å². The summed E-state index contributed by atoms with van der Waals surface area (Å²) < 4.78 is 80.4. The van der Waals surface area contributed by atoms with Gasteiger partial charge in [-0.3, -0.25) is 14.3 Å². The topological polar surface area (TPSA) is 77.0 Å². The Morgan fingerprint density at radius 2 is 1.82 bits per heavy atom. The Morgan fingerprint density at radius 3 is 2.41 bits per heavy atom. The summed E-state index contributed by atoms with van der Waals surface area (Å²) in [6, 6.07) is 2.53. The summed E-state index contributed by atoms with van der Waals surface area (Å²) in [5.74, 6) is -1.24. The standard InChI is InChI=1S/C21H23F6N5OS/c1-31-17(33)14(34-13-3-2-8-29-15(13)21(25,26)27)16(28)30-18(31)32-9-6-19(7-10-32)5-4-12(11-19)20(22,23)24/h2-3,8,12H,4-7,9-11,28H2,1H3. The summed E-state index contributed by atoms with van der Waals surface area (Å²) in [4.78, 5) is 22.0. The maximum atomic E-state index is 13.3. The van der Waals surface area contributed by atoms with Gasteiger partial charge in [0, 0.05) is 31.2 Å². The average molecular weight is 508 g/mol. The Balaban J connectivity index is 1.54. The number of nitrogens with zero attached hydrogens (tertiary/aromatic N) is 4. The van der Waals surface area contributed by atoms with E-state index in [0.717, 1.165) is 6.20 Å². The number of anilines is 2. The summed E-state index contributed by atoms with van der Waals surface area (Å²) in [7, 11) is 1.45. The van der Waals surface area contributed by atoms with Crippen molar-refractivity contribution in [2.75, 3.05) is 23.7 Å². The van der Waals surface area contributed by atoms with Crippen LogP contribution in [0.4, 0.5) is 38.1 Å².